The first kappa shape index (κ1) is 16.4. The summed E-state index contributed by atoms with van der Waals surface area (Å²) < 4.78 is 4.97. The van der Waals surface area contributed by atoms with Gasteiger partial charge in [-0.05, 0) is 24.6 Å². The monoisotopic (exact) mass is 277 g/mol. The third kappa shape index (κ3) is 4.82. The lowest BCUT2D eigenvalue weighted by molar-refractivity contribution is 0.199. The van der Waals surface area contributed by atoms with Crippen LogP contribution in [0.25, 0.3) is 0 Å². The summed E-state index contributed by atoms with van der Waals surface area (Å²) in [5.74, 6) is 0. The third-order valence-corrected chi connectivity index (χ3v) is 3.09. The summed E-state index contributed by atoms with van der Waals surface area (Å²) in [7, 11) is 1.67. The zero-order valence-electron chi connectivity index (χ0n) is 12.2. The molecule has 0 saturated carbocycles. The van der Waals surface area contributed by atoms with Crippen molar-refractivity contribution >= 4 is 5.69 Å². The Kier molecular flexibility index (Phi) is 7.66. The number of aliphatic hydroxyl groups is 1. The number of nitriles is 1. The van der Waals surface area contributed by atoms with Gasteiger partial charge in [-0.3, -0.25) is 0 Å². The Balaban J connectivity index is 2.77. The molecule has 0 saturated heterocycles. The number of nitrogens with zero attached hydrogens (tertiary/aromatic N) is 2. The third-order valence-electron chi connectivity index (χ3n) is 3.09. The van der Waals surface area contributed by atoms with Crippen molar-refractivity contribution in [2.45, 2.75) is 13.5 Å². The Bertz CT molecular complexity index is 443. The van der Waals surface area contributed by atoms with Crippen molar-refractivity contribution in [1.82, 2.24) is 5.32 Å². The molecule has 1 aromatic carbocycles. The summed E-state index contributed by atoms with van der Waals surface area (Å²) in [4.78, 5) is 2.00. The molecule has 0 unspecified atom stereocenters. The average Bonchev–Trinajstić information content (AvgIpc) is 2.49. The molecule has 0 radical (unpaired) electrons. The van der Waals surface area contributed by atoms with Gasteiger partial charge in [-0.25, -0.2) is 0 Å². The Morgan fingerprint density at radius 2 is 2.25 bits per heavy atom. The Morgan fingerprint density at radius 3 is 2.85 bits per heavy atom. The van der Waals surface area contributed by atoms with Gasteiger partial charge in [0.1, 0.15) is 6.07 Å². The van der Waals surface area contributed by atoms with Crippen molar-refractivity contribution < 1.29 is 9.84 Å². The molecule has 1 aromatic rings. The molecule has 0 atom stereocenters. The van der Waals surface area contributed by atoms with Crippen LogP contribution >= 0.6 is 0 Å². The standard InChI is InChI=1S/C15H23N3O2/c1-3-18(7-8-19)15-5-4-13(10-14(15)11-16)12-17-6-9-20-2/h4-5,10,17,19H,3,6-9,12H2,1-2H3. The van der Waals surface area contributed by atoms with E-state index < -0.39 is 0 Å². The van der Waals surface area contributed by atoms with Crippen molar-refractivity contribution in [3.63, 3.8) is 0 Å². The normalized spacial score (nSPS) is 10.3. The molecule has 2 N–H and O–H groups in total. The van der Waals surface area contributed by atoms with Crippen molar-refractivity contribution in [3.05, 3.63) is 29.3 Å². The van der Waals surface area contributed by atoms with Crippen LogP contribution in [0.1, 0.15) is 18.1 Å². The molecule has 0 aliphatic heterocycles. The summed E-state index contributed by atoms with van der Waals surface area (Å²) in [5.41, 5.74) is 2.59. The second kappa shape index (κ2) is 9.32. The Hall–Kier alpha value is -1.61. The highest BCUT2D eigenvalue weighted by Gasteiger charge is 2.10. The molecule has 0 fully saturated rings. The Morgan fingerprint density at radius 1 is 1.45 bits per heavy atom. The van der Waals surface area contributed by atoms with Gasteiger partial charge in [0, 0.05) is 33.3 Å². The second-order valence-corrected chi connectivity index (χ2v) is 4.44. The molecule has 0 spiro atoms. The van der Waals surface area contributed by atoms with Gasteiger partial charge >= 0.3 is 0 Å². The van der Waals surface area contributed by atoms with Gasteiger partial charge in [-0.1, -0.05) is 6.07 Å². The molecule has 110 valence electrons. The van der Waals surface area contributed by atoms with Crippen molar-refractivity contribution in [3.8, 4) is 6.07 Å². The molecule has 1 rings (SSSR count). The first-order valence-electron chi connectivity index (χ1n) is 6.85. The molecule has 0 heterocycles. The molecular weight excluding hydrogens is 254 g/mol. The lowest BCUT2D eigenvalue weighted by Crippen LogP contribution is -2.27. The highest BCUT2D eigenvalue weighted by atomic mass is 16.5. The van der Waals surface area contributed by atoms with E-state index in [4.69, 9.17) is 9.84 Å². The van der Waals surface area contributed by atoms with E-state index in [1.54, 1.807) is 7.11 Å². The number of benzene rings is 1. The van der Waals surface area contributed by atoms with E-state index in [0.717, 1.165) is 24.3 Å². The van der Waals surface area contributed by atoms with E-state index in [1.165, 1.54) is 0 Å². The quantitative estimate of drug-likeness (QED) is 0.662. The number of rotatable bonds is 9. The van der Waals surface area contributed by atoms with Gasteiger partial charge in [-0.15, -0.1) is 0 Å². The van der Waals surface area contributed by atoms with Gasteiger partial charge < -0.3 is 20.1 Å². The minimum Gasteiger partial charge on any atom is -0.395 e. The number of likely N-dealkylation sites (N-methyl/N-ethyl adjacent to an activating group) is 1. The predicted octanol–water partition coefficient (Wildman–Crippen LogP) is 1.11. The largest absolute Gasteiger partial charge is 0.395 e. The number of hydrogen-bond donors (Lipinski definition) is 2. The van der Waals surface area contributed by atoms with Crippen molar-refractivity contribution in [1.29, 1.82) is 5.26 Å². The van der Waals surface area contributed by atoms with Crippen molar-refractivity contribution in [2.75, 3.05) is 44.9 Å². The zero-order chi connectivity index (χ0) is 14.8. The maximum Gasteiger partial charge on any atom is 0.101 e. The van der Waals surface area contributed by atoms with Crippen LogP contribution in [-0.2, 0) is 11.3 Å². The van der Waals surface area contributed by atoms with E-state index in [0.29, 0.717) is 25.3 Å². The van der Waals surface area contributed by atoms with Crippen LogP contribution in [-0.4, -0.2) is 45.1 Å². The minimum absolute atomic E-state index is 0.0824. The van der Waals surface area contributed by atoms with Gasteiger partial charge in [0.05, 0.1) is 24.5 Å². The summed E-state index contributed by atoms with van der Waals surface area (Å²) in [6.45, 7) is 5.56. The van der Waals surface area contributed by atoms with Gasteiger partial charge in [0.2, 0.25) is 0 Å². The fourth-order valence-electron chi connectivity index (χ4n) is 2.04. The smallest absolute Gasteiger partial charge is 0.101 e. The lowest BCUT2D eigenvalue weighted by Gasteiger charge is -2.23. The van der Waals surface area contributed by atoms with Crippen LogP contribution in [0.5, 0.6) is 0 Å². The molecule has 0 aliphatic rings. The number of anilines is 1. The second-order valence-electron chi connectivity index (χ2n) is 4.44. The summed E-state index contributed by atoms with van der Waals surface area (Å²) in [6, 6.07) is 8.09. The van der Waals surface area contributed by atoms with Crippen LogP contribution < -0.4 is 10.2 Å². The number of hydrogen-bond acceptors (Lipinski definition) is 5. The zero-order valence-corrected chi connectivity index (χ0v) is 12.2. The average molecular weight is 277 g/mol. The summed E-state index contributed by atoms with van der Waals surface area (Å²) in [5, 5.41) is 21.6. The lowest BCUT2D eigenvalue weighted by atomic mass is 10.1. The highest BCUT2D eigenvalue weighted by Crippen LogP contribution is 2.21. The maximum atomic E-state index is 9.29. The Labute approximate surface area is 120 Å². The van der Waals surface area contributed by atoms with E-state index in [-0.39, 0.29) is 6.61 Å². The van der Waals surface area contributed by atoms with Crippen LogP contribution in [0.15, 0.2) is 18.2 Å². The van der Waals surface area contributed by atoms with Crippen molar-refractivity contribution in [2.24, 2.45) is 0 Å². The van der Waals surface area contributed by atoms with Crippen LogP contribution in [0.4, 0.5) is 5.69 Å². The molecule has 20 heavy (non-hydrogen) atoms. The van der Waals surface area contributed by atoms with E-state index in [2.05, 4.69) is 11.4 Å². The van der Waals surface area contributed by atoms with Gasteiger partial charge in [0.15, 0.2) is 0 Å². The number of aliphatic hydroxyl groups excluding tert-OH is 1. The van der Waals surface area contributed by atoms with Gasteiger partial charge in [0.25, 0.3) is 0 Å². The van der Waals surface area contributed by atoms with Crippen LogP contribution in [0.3, 0.4) is 0 Å². The highest BCUT2D eigenvalue weighted by molar-refractivity contribution is 5.60. The summed E-state index contributed by atoms with van der Waals surface area (Å²) in [6.07, 6.45) is 0. The van der Waals surface area contributed by atoms with E-state index >= 15 is 0 Å². The first-order chi connectivity index (χ1) is 9.76. The predicted molar refractivity (Wildman–Crippen MR) is 79.7 cm³/mol. The molecule has 5 heteroatoms. The molecule has 5 nitrogen and oxygen atoms in total. The number of methoxy groups -OCH3 is 1. The first-order valence-corrected chi connectivity index (χ1v) is 6.85. The summed E-state index contributed by atoms with van der Waals surface area (Å²) >= 11 is 0. The van der Waals surface area contributed by atoms with Crippen LogP contribution in [0, 0.1) is 11.3 Å². The fourth-order valence-corrected chi connectivity index (χ4v) is 2.04. The number of ether oxygens (including phenoxy) is 1. The SMILES string of the molecule is CCN(CCO)c1ccc(CNCCOC)cc1C#N. The number of nitrogens with one attached hydrogen (secondary N) is 1. The van der Waals surface area contributed by atoms with E-state index in [9.17, 15) is 5.26 Å². The maximum absolute atomic E-state index is 9.29. The van der Waals surface area contributed by atoms with E-state index in [1.807, 2.05) is 30.0 Å². The molecule has 0 aliphatic carbocycles. The fraction of sp³-hybridized carbons (Fsp3) is 0.533. The molecule has 0 bridgehead atoms. The minimum atomic E-state index is 0.0824. The molecule has 0 aromatic heterocycles. The molecular formula is C15H23N3O2. The topological polar surface area (TPSA) is 68.5 Å². The van der Waals surface area contributed by atoms with Crippen LogP contribution in [0.2, 0.25) is 0 Å². The molecule has 0 amide bonds. The van der Waals surface area contributed by atoms with Gasteiger partial charge in [-0.2, -0.15) is 5.26 Å².